The summed E-state index contributed by atoms with van der Waals surface area (Å²) in [5, 5.41) is 14.3. The van der Waals surface area contributed by atoms with E-state index in [0.717, 1.165) is 27.8 Å². The molecule has 4 rings (SSSR count). The number of anilines is 1. The van der Waals surface area contributed by atoms with E-state index in [2.05, 4.69) is 22.8 Å². The second-order valence-electron chi connectivity index (χ2n) is 8.80. The Kier molecular flexibility index (Phi) is 7.15. The Morgan fingerprint density at radius 2 is 1.46 bits per heavy atom. The van der Waals surface area contributed by atoms with Crippen molar-refractivity contribution in [3.8, 4) is 11.1 Å². The molecule has 3 aromatic rings. The molecule has 35 heavy (non-hydrogen) atoms. The number of rotatable bonds is 8. The van der Waals surface area contributed by atoms with E-state index in [0.29, 0.717) is 5.69 Å². The largest absolute Gasteiger partial charge is 0.481 e. The maximum Gasteiger partial charge on any atom is 0.407 e. The number of ether oxygens (including phenoxy) is 1. The fraction of sp³-hybridized carbons (Fsp3) is 0.250. The van der Waals surface area contributed by atoms with Crippen molar-refractivity contribution >= 4 is 23.7 Å². The highest BCUT2D eigenvalue weighted by molar-refractivity contribution is 5.96. The van der Waals surface area contributed by atoms with Crippen LogP contribution in [0.5, 0.6) is 0 Å². The first kappa shape index (κ1) is 24.0. The van der Waals surface area contributed by atoms with Gasteiger partial charge in [-0.3, -0.25) is 9.59 Å². The topological polar surface area (TPSA) is 105 Å². The molecule has 3 aromatic carbocycles. The van der Waals surface area contributed by atoms with Crippen LogP contribution in [0.4, 0.5) is 10.5 Å². The van der Waals surface area contributed by atoms with Crippen molar-refractivity contribution in [1.29, 1.82) is 0 Å². The van der Waals surface area contributed by atoms with Gasteiger partial charge in [0.1, 0.15) is 12.6 Å². The van der Waals surface area contributed by atoms with Gasteiger partial charge in [-0.25, -0.2) is 4.79 Å². The van der Waals surface area contributed by atoms with Gasteiger partial charge in [-0.1, -0.05) is 67.6 Å². The van der Waals surface area contributed by atoms with Gasteiger partial charge >= 0.3 is 12.1 Å². The van der Waals surface area contributed by atoms with Gasteiger partial charge in [0, 0.05) is 11.6 Å². The van der Waals surface area contributed by atoms with Gasteiger partial charge in [-0.15, -0.1) is 0 Å². The van der Waals surface area contributed by atoms with Gasteiger partial charge in [-0.2, -0.15) is 0 Å². The lowest BCUT2D eigenvalue weighted by molar-refractivity contribution is -0.137. The highest BCUT2D eigenvalue weighted by atomic mass is 16.5. The number of alkyl carbamates (subject to hydrolysis) is 1. The molecular weight excluding hydrogens is 444 g/mol. The Hall–Kier alpha value is -4.13. The fourth-order valence-corrected chi connectivity index (χ4v) is 4.41. The molecule has 0 aromatic heterocycles. The Morgan fingerprint density at radius 3 is 2.03 bits per heavy atom. The minimum Gasteiger partial charge on any atom is -0.481 e. The van der Waals surface area contributed by atoms with Crippen LogP contribution in [0.1, 0.15) is 48.8 Å². The van der Waals surface area contributed by atoms with E-state index in [1.165, 1.54) is 0 Å². The molecule has 2 unspecified atom stereocenters. The van der Waals surface area contributed by atoms with Crippen LogP contribution < -0.4 is 10.6 Å². The first-order valence-electron chi connectivity index (χ1n) is 11.6. The second-order valence-corrected chi connectivity index (χ2v) is 8.80. The zero-order chi connectivity index (χ0) is 24.9. The summed E-state index contributed by atoms with van der Waals surface area (Å²) in [6.07, 6.45) is -0.625. The number of nitrogens with one attached hydrogen (secondary N) is 2. The Morgan fingerprint density at radius 1 is 0.886 bits per heavy atom. The molecule has 0 aliphatic heterocycles. The lowest BCUT2D eigenvalue weighted by atomic mass is 9.98. The zero-order valence-electron chi connectivity index (χ0n) is 19.7. The Balaban J connectivity index is 1.30. The number of benzene rings is 3. The van der Waals surface area contributed by atoms with E-state index in [-0.39, 0.29) is 30.8 Å². The zero-order valence-corrected chi connectivity index (χ0v) is 19.7. The summed E-state index contributed by atoms with van der Waals surface area (Å²) in [7, 11) is 0. The molecule has 3 N–H and O–H groups in total. The molecule has 0 bridgehead atoms. The van der Waals surface area contributed by atoms with Gasteiger partial charge in [0.15, 0.2) is 0 Å². The molecule has 0 saturated carbocycles. The van der Waals surface area contributed by atoms with Crippen LogP contribution in [0, 0.1) is 0 Å². The highest BCUT2D eigenvalue weighted by Gasteiger charge is 2.29. The van der Waals surface area contributed by atoms with Crippen LogP contribution >= 0.6 is 0 Å². The molecule has 1 aliphatic rings. The van der Waals surface area contributed by atoms with Crippen molar-refractivity contribution in [2.24, 2.45) is 0 Å². The van der Waals surface area contributed by atoms with Crippen LogP contribution in [0.25, 0.3) is 11.1 Å². The average molecular weight is 473 g/mol. The molecule has 0 radical (unpaired) electrons. The minimum absolute atomic E-state index is 0.0345. The van der Waals surface area contributed by atoms with Gasteiger partial charge < -0.3 is 20.5 Å². The lowest BCUT2D eigenvalue weighted by Gasteiger charge is -2.17. The van der Waals surface area contributed by atoms with Gasteiger partial charge in [-0.05, 0) is 52.8 Å². The van der Waals surface area contributed by atoms with E-state index in [9.17, 15) is 14.4 Å². The molecule has 7 nitrogen and oxygen atoms in total. The summed E-state index contributed by atoms with van der Waals surface area (Å²) >= 11 is 0. The van der Waals surface area contributed by atoms with Crippen molar-refractivity contribution < 1.29 is 24.2 Å². The number of carbonyl (C=O) groups is 3. The summed E-state index contributed by atoms with van der Waals surface area (Å²) in [5.41, 5.74) is 5.96. The third-order valence-electron chi connectivity index (χ3n) is 6.30. The van der Waals surface area contributed by atoms with Crippen molar-refractivity contribution in [2.45, 2.75) is 38.1 Å². The van der Waals surface area contributed by atoms with E-state index in [1.807, 2.05) is 43.3 Å². The first-order chi connectivity index (χ1) is 16.8. The number of fused-ring (bicyclic) bond motifs is 3. The van der Waals surface area contributed by atoms with E-state index in [1.54, 1.807) is 31.2 Å². The third-order valence-corrected chi connectivity index (χ3v) is 6.30. The van der Waals surface area contributed by atoms with Crippen LogP contribution in [-0.4, -0.2) is 35.7 Å². The number of aliphatic carboxylic acids is 1. The maximum absolute atomic E-state index is 12.5. The van der Waals surface area contributed by atoms with E-state index in [4.69, 9.17) is 9.84 Å². The Bertz CT molecular complexity index is 1190. The molecule has 7 heteroatoms. The number of hydrogen-bond donors (Lipinski definition) is 3. The molecule has 1 aliphatic carbocycles. The number of hydrogen-bond acceptors (Lipinski definition) is 4. The van der Waals surface area contributed by atoms with Crippen molar-refractivity contribution in [3.05, 3.63) is 89.5 Å². The predicted molar refractivity (Wildman–Crippen MR) is 133 cm³/mol. The smallest absolute Gasteiger partial charge is 0.407 e. The summed E-state index contributed by atoms with van der Waals surface area (Å²) < 4.78 is 5.51. The quantitative estimate of drug-likeness (QED) is 0.422. The van der Waals surface area contributed by atoms with Gasteiger partial charge in [0.25, 0.3) is 0 Å². The normalized spacial score (nSPS) is 13.8. The van der Waals surface area contributed by atoms with Crippen molar-refractivity contribution in [2.75, 3.05) is 11.9 Å². The first-order valence-corrected chi connectivity index (χ1v) is 11.6. The second kappa shape index (κ2) is 10.4. The van der Waals surface area contributed by atoms with Crippen molar-refractivity contribution in [3.63, 3.8) is 0 Å². The highest BCUT2D eigenvalue weighted by Crippen LogP contribution is 2.44. The summed E-state index contributed by atoms with van der Waals surface area (Å²) in [4.78, 5) is 35.9. The lowest BCUT2D eigenvalue weighted by Crippen LogP contribution is -2.42. The fourth-order valence-electron chi connectivity index (χ4n) is 4.41. The monoisotopic (exact) mass is 472 g/mol. The molecule has 0 heterocycles. The van der Waals surface area contributed by atoms with Crippen LogP contribution in [0.2, 0.25) is 0 Å². The maximum atomic E-state index is 12.5. The van der Waals surface area contributed by atoms with Crippen LogP contribution in [-0.2, 0) is 14.3 Å². The molecule has 2 amide bonds. The van der Waals surface area contributed by atoms with E-state index >= 15 is 0 Å². The minimum atomic E-state index is -0.858. The predicted octanol–water partition coefficient (Wildman–Crippen LogP) is 5.13. The molecule has 0 fully saturated rings. The SMILES string of the molecule is CC(NC(=O)OCC1c2ccccc2-c2ccccc21)C(=O)Nc1ccc(C(C)CC(=O)O)cc1. The molecule has 180 valence electrons. The number of carboxylic acid groups (broad SMARTS) is 1. The number of carboxylic acids is 1. The summed E-state index contributed by atoms with van der Waals surface area (Å²) in [5.74, 6) is -1.43. The standard InChI is InChI=1S/C28H28N2O5/c1-17(15-26(31)32)19-11-13-20(14-12-19)30-27(33)18(2)29-28(34)35-16-25-23-9-5-3-7-21(23)22-8-4-6-10-24(22)25/h3-14,17-18,25H,15-16H2,1-2H3,(H,29,34)(H,30,33)(H,31,32). The van der Waals surface area contributed by atoms with E-state index < -0.39 is 18.1 Å². The summed E-state index contributed by atoms with van der Waals surface area (Å²) in [6, 6.07) is 22.4. The van der Waals surface area contributed by atoms with Gasteiger partial charge in [0.05, 0.1) is 6.42 Å². The molecule has 0 spiro atoms. The third kappa shape index (κ3) is 5.51. The van der Waals surface area contributed by atoms with Crippen LogP contribution in [0.3, 0.4) is 0 Å². The van der Waals surface area contributed by atoms with Crippen molar-refractivity contribution in [1.82, 2.24) is 5.32 Å². The van der Waals surface area contributed by atoms with Gasteiger partial charge in [0.2, 0.25) is 5.91 Å². The summed E-state index contributed by atoms with van der Waals surface area (Å²) in [6.45, 7) is 3.59. The number of carbonyl (C=O) groups excluding carboxylic acids is 2. The average Bonchev–Trinajstić information content (AvgIpc) is 3.16. The number of amides is 2. The molecule has 0 saturated heterocycles. The molecule has 2 atom stereocenters. The molecular formula is C28H28N2O5. The Labute approximate surface area is 204 Å². The van der Waals surface area contributed by atoms with Crippen LogP contribution in [0.15, 0.2) is 72.8 Å².